The summed E-state index contributed by atoms with van der Waals surface area (Å²) in [6.07, 6.45) is 0. The van der Waals surface area contributed by atoms with Gasteiger partial charge in [-0.15, -0.1) is 0 Å². The molecule has 17 heavy (non-hydrogen) atoms. The number of β-lactam (4-membered cyclic amide) rings is 1. The molecule has 1 aromatic rings. The third-order valence-corrected chi connectivity index (χ3v) is 2.58. The van der Waals surface area contributed by atoms with Gasteiger partial charge in [-0.05, 0) is 12.1 Å². The SMILES string of the molecule is CN1C[C@@H](NC(=O)COc2ccccc2)C1=O. The van der Waals surface area contributed by atoms with Crippen LogP contribution in [0.1, 0.15) is 0 Å². The zero-order chi connectivity index (χ0) is 12.3. The van der Waals surface area contributed by atoms with E-state index in [4.69, 9.17) is 4.74 Å². The predicted octanol–water partition coefficient (Wildman–Crippen LogP) is 0.0222. The first-order chi connectivity index (χ1) is 8.16. The molecule has 2 amide bonds. The number of ether oxygens (including phenoxy) is 1. The summed E-state index contributed by atoms with van der Waals surface area (Å²) in [6.45, 7) is 0.493. The van der Waals surface area contributed by atoms with E-state index in [1.54, 1.807) is 24.1 Å². The Morgan fingerprint density at radius 2 is 2.18 bits per heavy atom. The molecule has 1 aliphatic rings. The number of amides is 2. The third kappa shape index (κ3) is 2.75. The second-order valence-corrected chi connectivity index (χ2v) is 3.94. The van der Waals surface area contributed by atoms with E-state index in [1.807, 2.05) is 18.2 Å². The van der Waals surface area contributed by atoms with Gasteiger partial charge in [-0.2, -0.15) is 0 Å². The largest absolute Gasteiger partial charge is 0.484 e. The number of hydrogen-bond acceptors (Lipinski definition) is 3. The first kappa shape index (κ1) is 11.4. The van der Waals surface area contributed by atoms with Gasteiger partial charge in [0.25, 0.3) is 5.91 Å². The lowest BCUT2D eigenvalue weighted by Gasteiger charge is -2.35. The van der Waals surface area contributed by atoms with Crippen molar-refractivity contribution in [3.63, 3.8) is 0 Å². The molecule has 0 saturated carbocycles. The second kappa shape index (κ2) is 4.86. The quantitative estimate of drug-likeness (QED) is 0.747. The van der Waals surface area contributed by atoms with Gasteiger partial charge in [0.15, 0.2) is 6.61 Å². The van der Waals surface area contributed by atoms with Crippen LogP contribution in [-0.4, -0.2) is 43.0 Å². The summed E-state index contributed by atoms with van der Waals surface area (Å²) in [5, 5.41) is 2.61. The minimum Gasteiger partial charge on any atom is -0.484 e. The Hall–Kier alpha value is -2.04. The van der Waals surface area contributed by atoms with E-state index in [0.29, 0.717) is 12.3 Å². The topological polar surface area (TPSA) is 58.6 Å². The fraction of sp³-hybridized carbons (Fsp3) is 0.333. The molecule has 1 N–H and O–H groups in total. The van der Waals surface area contributed by atoms with E-state index in [1.165, 1.54) is 0 Å². The molecular formula is C12H14N2O3. The number of para-hydroxylation sites is 1. The summed E-state index contributed by atoms with van der Waals surface area (Å²) >= 11 is 0. The number of rotatable bonds is 4. The number of hydrogen-bond donors (Lipinski definition) is 1. The number of benzene rings is 1. The summed E-state index contributed by atoms with van der Waals surface area (Å²) in [6, 6.07) is 8.70. The molecule has 5 nitrogen and oxygen atoms in total. The molecule has 0 radical (unpaired) electrons. The van der Waals surface area contributed by atoms with Crippen LogP contribution in [0.3, 0.4) is 0 Å². The third-order valence-electron chi connectivity index (χ3n) is 2.58. The average molecular weight is 234 g/mol. The van der Waals surface area contributed by atoms with Crippen LogP contribution in [0.4, 0.5) is 0 Å². The lowest BCUT2D eigenvalue weighted by Crippen LogP contribution is -2.62. The number of nitrogens with zero attached hydrogens (tertiary/aromatic N) is 1. The number of nitrogens with one attached hydrogen (secondary N) is 1. The first-order valence-electron chi connectivity index (χ1n) is 5.39. The van der Waals surface area contributed by atoms with Crippen LogP contribution >= 0.6 is 0 Å². The highest BCUT2D eigenvalue weighted by molar-refractivity contribution is 5.92. The maximum absolute atomic E-state index is 11.5. The molecule has 0 spiro atoms. The molecule has 1 atom stereocenters. The van der Waals surface area contributed by atoms with Crippen LogP contribution in [0, 0.1) is 0 Å². The van der Waals surface area contributed by atoms with E-state index < -0.39 is 0 Å². The van der Waals surface area contributed by atoms with E-state index in [-0.39, 0.29) is 24.5 Å². The summed E-state index contributed by atoms with van der Waals surface area (Å²) in [5.74, 6) is 0.304. The van der Waals surface area contributed by atoms with Crippen LogP contribution < -0.4 is 10.1 Å². The minimum atomic E-state index is -0.383. The van der Waals surface area contributed by atoms with Crippen molar-refractivity contribution in [1.82, 2.24) is 10.2 Å². The summed E-state index contributed by atoms with van der Waals surface area (Å²) in [4.78, 5) is 24.3. The highest BCUT2D eigenvalue weighted by Crippen LogP contribution is 2.09. The van der Waals surface area contributed by atoms with Gasteiger partial charge in [-0.1, -0.05) is 18.2 Å². The standard InChI is InChI=1S/C12H14N2O3/c1-14-7-10(12(14)16)13-11(15)8-17-9-5-3-2-4-6-9/h2-6,10H,7-8H2,1H3,(H,13,15)/t10-/m1/s1. The van der Waals surface area contributed by atoms with Crippen molar-refractivity contribution in [2.24, 2.45) is 0 Å². The lowest BCUT2D eigenvalue weighted by atomic mass is 10.1. The Bertz CT molecular complexity index is 419. The van der Waals surface area contributed by atoms with Crippen LogP contribution in [0.2, 0.25) is 0 Å². The zero-order valence-corrected chi connectivity index (χ0v) is 9.55. The van der Waals surface area contributed by atoms with Crippen LogP contribution in [0.15, 0.2) is 30.3 Å². The molecule has 1 aromatic carbocycles. The Kier molecular flexibility index (Phi) is 3.27. The van der Waals surface area contributed by atoms with Crippen LogP contribution in [-0.2, 0) is 9.59 Å². The van der Waals surface area contributed by atoms with Crippen molar-refractivity contribution < 1.29 is 14.3 Å². The average Bonchev–Trinajstić information content (AvgIpc) is 2.37. The molecule has 1 aliphatic heterocycles. The molecular weight excluding hydrogens is 220 g/mol. The molecule has 0 unspecified atom stereocenters. The van der Waals surface area contributed by atoms with Crippen molar-refractivity contribution >= 4 is 11.8 Å². The molecule has 1 fully saturated rings. The van der Waals surface area contributed by atoms with Crippen molar-refractivity contribution in [1.29, 1.82) is 0 Å². The van der Waals surface area contributed by atoms with Crippen LogP contribution in [0.25, 0.3) is 0 Å². The molecule has 90 valence electrons. The van der Waals surface area contributed by atoms with E-state index in [2.05, 4.69) is 5.32 Å². The van der Waals surface area contributed by atoms with Gasteiger partial charge < -0.3 is 15.0 Å². The summed E-state index contributed by atoms with van der Waals surface area (Å²) in [5.41, 5.74) is 0. The molecule has 0 aliphatic carbocycles. The van der Waals surface area contributed by atoms with Gasteiger partial charge in [-0.3, -0.25) is 9.59 Å². The maximum Gasteiger partial charge on any atom is 0.258 e. The van der Waals surface area contributed by atoms with E-state index >= 15 is 0 Å². The van der Waals surface area contributed by atoms with Gasteiger partial charge in [-0.25, -0.2) is 0 Å². The monoisotopic (exact) mass is 234 g/mol. The van der Waals surface area contributed by atoms with Crippen molar-refractivity contribution in [3.8, 4) is 5.75 Å². The van der Waals surface area contributed by atoms with Crippen molar-refractivity contribution in [3.05, 3.63) is 30.3 Å². The molecule has 0 bridgehead atoms. The van der Waals surface area contributed by atoms with Gasteiger partial charge in [0.05, 0.1) is 0 Å². The highest BCUT2D eigenvalue weighted by atomic mass is 16.5. The normalized spacial score (nSPS) is 18.5. The second-order valence-electron chi connectivity index (χ2n) is 3.94. The predicted molar refractivity (Wildman–Crippen MR) is 61.5 cm³/mol. The first-order valence-corrected chi connectivity index (χ1v) is 5.39. The molecule has 2 rings (SSSR count). The Labute approximate surface area is 99.4 Å². The Morgan fingerprint density at radius 3 is 2.76 bits per heavy atom. The summed E-state index contributed by atoms with van der Waals surface area (Å²) in [7, 11) is 1.70. The van der Waals surface area contributed by atoms with Gasteiger partial charge >= 0.3 is 0 Å². The van der Waals surface area contributed by atoms with Crippen LogP contribution in [0.5, 0.6) is 5.75 Å². The molecule has 0 aromatic heterocycles. The van der Waals surface area contributed by atoms with Gasteiger partial charge in [0.1, 0.15) is 11.8 Å². The Balaban J connectivity index is 1.73. The van der Waals surface area contributed by atoms with E-state index in [0.717, 1.165) is 0 Å². The fourth-order valence-electron chi connectivity index (χ4n) is 1.60. The molecule has 1 heterocycles. The fourth-order valence-corrected chi connectivity index (χ4v) is 1.60. The Morgan fingerprint density at radius 1 is 1.47 bits per heavy atom. The van der Waals surface area contributed by atoms with Crippen molar-refractivity contribution in [2.75, 3.05) is 20.2 Å². The zero-order valence-electron chi connectivity index (χ0n) is 9.55. The smallest absolute Gasteiger partial charge is 0.258 e. The molecule has 5 heteroatoms. The van der Waals surface area contributed by atoms with Gasteiger partial charge in [0.2, 0.25) is 5.91 Å². The lowest BCUT2D eigenvalue weighted by molar-refractivity contribution is -0.145. The number of carbonyl (C=O) groups is 2. The molecule has 1 saturated heterocycles. The summed E-state index contributed by atoms with van der Waals surface area (Å²) < 4.78 is 5.26. The van der Waals surface area contributed by atoms with Gasteiger partial charge in [0, 0.05) is 13.6 Å². The number of likely N-dealkylation sites (N-methyl/N-ethyl adjacent to an activating group) is 1. The maximum atomic E-state index is 11.5. The van der Waals surface area contributed by atoms with E-state index in [9.17, 15) is 9.59 Å². The minimum absolute atomic E-state index is 0.0574. The number of carbonyl (C=O) groups excluding carboxylic acids is 2. The van der Waals surface area contributed by atoms with Crippen molar-refractivity contribution in [2.45, 2.75) is 6.04 Å². The number of likely N-dealkylation sites (tertiary alicyclic amines) is 1. The highest BCUT2D eigenvalue weighted by Gasteiger charge is 2.34.